The summed E-state index contributed by atoms with van der Waals surface area (Å²) >= 11 is 0. The van der Waals surface area contributed by atoms with Crippen LogP contribution in [0.5, 0.6) is 0 Å². The molecule has 5 heteroatoms. The van der Waals surface area contributed by atoms with Crippen molar-refractivity contribution in [1.82, 2.24) is 15.1 Å². The van der Waals surface area contributed by atoms with Crippen LogP contribution in [-0.2, 0) is 11.3 Å². The van der Waals surface area contributed by atoms with Crippen LogP contribution >= 0.6 is 0 Å². The van der Waals surface area contributed by atoms with E-state index in [1.54, 1.807) is 11.9 Å². The highest BCUT2D eigenvalue weighted by Gasteiger charge is 2.34. The Labute approximate surface area is 154 Å². The second kappa shape index (κ2) is 8.04. The third-order valence-corrected chi connectivity index (χ3v) is 4.84. The van der Waals surface area contributed by atoms with Crippen molar-refractivity contribution in [3.05, 3.63) is 71.8 Å². The Morgan fingerprint density at radius 3 is 2.42 bits per heavy atom. The number of carbonyl (C=O) groups is 2. The highest BCUT2D eigenvalue weighted by molar-refractivity contribution is 5.82. The molecule has 1 heterocycles. The first kappa shape index (κ1) is 18.0. The molecule has 0 saturated carbocycles. The minimum Gasteiger partial charge on any atom is -0.334 e. The molecule has 1 N–H and O–H groups in total. The number of hydrogen-bond acceptors (Lipinski definition) is 2. The van der Waals surface area contributed by atoms with E-state index in [2.05, 4.69) is 5.32 Å². The fraction of sp³-hybridized carbons (Fsp3) is 0.333. The van der Waals surface area contributed by atoms with Gasteiger partial charge in [0.05, 0.1) is 12.1 Å². The van der Waals surface area contributed by atoms with Crippen molar-refractivity contribution in [2.45, 2.75) is 32.0 Å². The van der Waals surface area contributed by atoms with Crippen LogP contribution in [0.15, 0.2) is 60.7 Å². The summed E-state index contributed by atoms with van der Waals surface area (Å²) in [6, 6.07) is 19.5. The Morgan fingerprint density at radius 1 is 1.15 bits per heavy atom. The van der Waals surface area contributed by atoms with E-state index in [-0.39, 0.29) is 24.0 Å². The molecule has 1 saturated heterocycles. The molecule has 26 heavy (non-hydrogen) atoms. The van der Waals surface area contributed by atoms with Crippen LogP contribution < -0.4 is 5.32 Å². The lowest BCUT2D eigenvalue weighted by Gasteiger charge is -2.26. The van der Waals surface area contributed by atoms with Gasteiger partial charge in [-0.1, -0.05) is 60.7 Å². The van der Waals surface area contributed by atoms with Crippen LogP contribution in [0.2, 0.25) is 0 Å². The third-order valence-electron chi connectivity index (χ3n) is 4.84. The zero-order valence-electron chi connectivity index (χ0n) is 15.3. The van der Waals surface area contributed by atoms with E-state index in [0.717, 1.165) is 11.1 Å². The quantitative estimate of drug-likeness (QED) is 0.899. The van der Waals surface area contributed by atoms with Crippen molar-refractivity contribution < 1.29 is 9.59 Å². The number of amides is 3. The van der Waals surface area contributed by atoms with E-state index < -0.39 is 0 Å². The van der Waals surface area contributed by atoms with Crippen molar-refractivity contribution in [2.75, 3.05) is 13.6 Å². The molecule has 0 aliphatic carbocycles. The summed E-state index contributed by atoms with van der Waals surface area (Å²) in [5, 5.41) is 2.99. The van der Waals surface area contributed by atoms with Crippen molar-refractivity contribution in [3.8, 4) is 0 Å². The summed E-state index contributed by atoms with van der Waals surface area (Å²) in [5.74, 6) is 0.0809. The number of nitrogens with zero attached hydrogens (tertiary/aromatic N) is 2. The van der Waals surface area contributed by atoms with Crippen LogP contribution in [0.1, 0.15) is 30.5 Å². The first-order valence-electron chi connectivity index (χ1n) is 8.94. The lowest BCUT2D eigenvalue weighted by Crippen LogP contribution is -2.44. The topological polar surface area (TPSA) is 52.7 Å². The molecule has 0 bridgehead atoms. The molecule has 3 rings (SSSR count). The van der Waals surface area contributed by atoms with E-state index in [9.17, 15) is 9.59 Å². The zero-order valence-corrected chi connectivity index (χ0v) is 15.3. The van der Waals surface area contributed by atoms with Gasteiger partial charge < -0.3 is 15.1 Å². The molecule has 0 radical (unpaired) electrons. The van der Waals surface area contributed by atoms with Gasteiger partial charge in [-0.05, 0) is 18.1 Å². The predicted molar refractivity (Wildman–Crippen MR) is 101 cm³/mol. The molecule has 3 amide bonds. The monoisotopic (exact) mass is 351 g/mol. The van der Waals surface area contributed by atoms with Gasteiger partial charge in [-0.3, -0.25) is 4.79 Å². The second-order valence-corrected chi connectivity index (χ2v) is 6.82. The summed E-state index contributed by atoms with van der Waals surface area (Å²) in [4.78, 5) is 28.3. The number of carbonyl (C=O) groups excluding carboxylic acids is 2. The molecule has 2 atom stereocenters. The minimum atomic E-state index is -0.153. The highest BCUT2D eigenvalue weighted by Crippen LogP contribution is 2.25. The van der Waals surface area contributed by atoms with Crippen LogP contribution in [-0.4, -0.2) is 41.4 Å². The number of urea groups is 1. The van der Waals surface area contributed by atoms with Gasteiger partial charge in [0.1, 0.15) is 0 Å². The van der Waals surface area contributed by atoms with E-state index in [1.165, 1.54) is 0 Å². The average Bonchev–Trinajstić information content (AvgIpc) is 3.02. The molecule has 1 fully saturated rings. The third kappa shape index (κ3) is 4.23. The lowest BCUT2D eigenvalue weighted by atomic mass is 10.1. The molecule has 1 aliphatic rings. The van der Waals surface area contributed by atoms with Gasteiger partial charge in [0.25, 0.3) is 0 Å². The molecule has 1 aliphatic heterocycles. The van der Waals surface area contributed by atoms with E-state index >= 15 is 0 Å². The maximum atomic E-state index is 12.4. The second-order valence-electron chi connectivity index (χ2n) is 6.82. The van der Waals surface area contributed by atoms with Gasteiger partial charge >= 0.3 is 6.03 Å². The molecular weight excluding hydrogens is 326 g/mol. The predicted octanol–water partition coefficient (Wildman–Crippen LogP) is 3.19. The van der Waals surface area contributed by atoms with Gasteiger partial charge in [-0.15, -0.1) is 0 Å². The summed E-state index contributed by atoms with van der Waals surface area (Å²) in [7, 11) is 1.77. The van der Waals surface area contributed by atoms with Crippen LogP contribution in [0, 0.1) is 0 Å². The maximum absolute atomic E-state index is 12.4. The van der Waals surface area contributed by atoms with Gasteiger partial charge in [0.15, 0.2) is 0 Å². The molecule has 2 aromatic rings. The Morgan fingerprint density at radius 2 is 1.77 bits per heavy atom. The average molecular weight is 351 g/mol. The van der Waals surface area contributed by atoms with E-state index in [1.807, 2.05) is 72.5 Å². The number of hydrogen-bond donors (Lipinski definition) is 1. The number of nitrogens with one attached hydrogen (secondary N) is 1. The smallest absolute Gasteiger partial charge is 0.317 e. The van der Waals surface area contributed by atoms with Crippen molar-refractivity contribution in [3.63, 3.8) is 0 Å². The highest BCUT2D eigenvalue weighted by atomic mass is 16.2. The standard InChI is InChI=1S/C21H25N3O2/c1-16(18-11-7-4-8-12-18)24-15-19(13-20(24)25)22-21(26)23(2)14-17-9-5-3-6-10-17/h3-12,16,19H,13-15H2,1-2H3,(H,22,26). The van der Waals surface area contributed by atoms with Crippen LogP contribution in [0.4, 0.5) is 4.79 Å². The Balaban J connectivity index is 1.56. The molecule has 0 spiro atoms. The van der Waals surface area contributed by atoms with Crippen LogP contribution in [0.25, 0.3) is 0 Å². The minimum absolute atomic E-state index is 0.00708. The molecule has 136 valence electrons. The van der Waals surface area contributed by atoms with Gasteiger partial charge in [0, 0.05) is 26.6 Å². The molecular formula is C21H25N3O2. The maximum Gasteiger partial charge on any atom is 0.317 e. The van der Waals surface area contributed by atoms with E-state index in [4.69, 9.17) is 0 Å². The summed E-state index contributed by atoms with van der Waals surface area (Å²) in [5.41, 5.74) is 2.18. The number of benzene rings is 2. The van der Waals surface area contributed by atoms with Gasteiger partial charge in [-0.25, -0.2) is 4.79 Å². The lowest BCUT2D eigenvalue weighted by molar-refractivity contribution is -0.129. The fourth-order valence-corrected chi connectivity index (χ4v) is 3.33. The Kier molecular flexibility index (Phi) is 5.56. The van der Waals surface area contributed by atoms with Crippen molar-refractivity contribution in [1.29, 1.82) is 0 Å². The largest absolute Gasteiger partial charge is 0.334 e. The summed E-state index contributed by atoms with van der Waals surface area (Å²) in [6.07, 6.45) is 0.349. The first-order valence-corrected chi connectivity index (χ1v) is 8.94. The summed E-state index contributed by atoms with van der Waals surface area (Å²) < 4.78 is 0. The fourth-order valence-electron chi connectivity index (χ4n) is 3.33. The Bertz CT molecular complexity index is 748. The van der Waals surface area contributed by atoms with Gasteiger partial charge in [-0.2, -0.15) is 0 Å². The van der Waals surface area contributed by atoms with Crippen LogP contribution in [0.3, 0.4) is 0 Å². The normalized spacial score (nSPS) is 17.8. The zero-order chi connectivity index (χ0) is 18.5. The SMILES string of the molecule is CC(c1ccccc1)N1CC(NC(=O)N(C)Cc2ccccc2)CC1=O. The van der Waals surface area contributed by atoms with E-state index in [0.29, 0.717) is 19.5 Å². The van der Waals surface area contributed by atoms with Crippen molar-refractivity contribution in [2.24, 2.45) is 0 Å². The molecule has 2 aromatic carbocycles. The first-order chi connectivity index (χ1) is 12.5. The molecule has 2 unspecified atom stereocenters. The Hall–Kier alpha value is -2.82. The number of likely N-dealkylation sites (tertiary alicyclic amines) is 1. The molecule has 0 aromatic heterocycles. The summed E-state index contributed by atoms with van der Waals surface area (Å²) in [6.45, 7) is 3.11. The number of rotatable bonds is 5. The van der Waals surface area contributed by atoms with Gasteiger partial charge in [0.2, 0.25) is 5.91 Å². The molecule has 5 nitrogen and oxygen atoms in total. The van der Waals surface area contributed by atoms with Crippen molar-refractivity contribution >= 4 is 11.9 Å².